The monoisotopic (exact) mass is 391 g/mol. The third-order valence-corrected chi connectivity index (χ3v) is 7.92. The molecule has 0 saturated carbocycles. The fourth-order valence-corrected chi connectivity index (χ4v) is 6.24. The van der Waals surface area contributed by atoms with Gasteiger partial charge in [0.2, 0.25) is 5.91 Å². The van der Waals surface area contributed by atoms with Gasteiger partial charge in [0.25, 0.3) is 0 Å². The number of amides is 1. The van der Waals surface area contributed by atoms with Crippen LogP contribution in [0.25, 0.3) is 10.8 Å². The molecule has 2 aromatic rings. The minimum atomic E-state index is -2.99. The highest BCUT2D eigenvalue weighted by atomic mass is 32.2. The summed E-state index contributed by atoms with van der Waals surface area (Å²) in [7, 11) is -2.99. The van der Waals surface area contributed by atoms with Crippen molar-refractivity contribution < 1.29 is 13.2 Å². The Morgan fingerprint density at radius 1 is 1.23 bits per heavy atom. The zero-order valence-electron chi connectivity index (χ0n) is 15.2. The number of hydrogen-bond acceptors (Lipinski definition) is 4. The van der Waals surface area contributed by atoms with Gasteiger partial charge in [-0.05, 0) is 36.6 Å². The summed E-state index contributed by atoms with van der Waals surface area (Å²) in [5.41, 5.74) is 1.22. The largest absolute Gasteiger partial charge is 0.338 e. The zero-order valence-corrected chi connectivity index (χ0v) is 16.9. The summed E-state index contributed by atoms with van der Waals surface area (Å²) in [5.74, 6) is 1.10. The van der Waals surface area contributed by atoms with Crippen LogP contribution in [0.4, 0.5) is 0 Å². The Hall–Kier alpha value is -1.53. The molecule has 140 valence electrons. The molecule has 0 radical (unpaired) electrons. The maximum atomic E-state index is 12.9. The Labute approximate surface area is 159 Å². The van der Waals surface area contributed by atoms with Crippen molar-refractivity contribution in [3.05, 3.63) is 48.0 Å². The van der Waals surface area contributed by atoms with Crippen molar-refractivity contribution in [2.24, 2.45) is 0 Å². The van der Waals surface area contributed by atoms with E-state index in [1.54, 1.807) is 16.7 Å². The normalized spacial score (nSPS) is 20.2. The number of sulfone groups is 1. The summed E-state index contributed by atoms with van der Waals surface area (Å²) >= 11 is 1.61. The molecule has 0 aliphatic carbocycles. The predicted molar refractivity (Wildman–Crippen MR) is 109 cm³/mol. The number of thioether (sulfide) groups is 1. The Kier molecular flexibility index (Phi) is 5.92. The van der Waals surface area contributed by atoms with Crippen molar-refractivity contribution in [3.63, 3.8) is 0 Å². The molecule has 1 aliphatic rings. The van der Waals surface area contributed by atoms with Crippen molar-refractivity contribution >= 4 is 38.3 Å². The van der Waals surface area contributed by atoms with Gasteiger partial charge in [0.1, 0.15) is 0 Å². The molecule has 1 aliphatic heterocycles. The van der Waals surface area contributed by atoms with Crippen molar-refractivity contribution in [3.8, 4) is 0 Å². The number of benzene rings is 2. The quantitative estimate of drug-likeness (QED) is 0.756. The molecule has 2 aromatic carbocycles. The van der Waals surface area contributed by atoms with Crippen LogP contribution in [0, 0.1) is 0 Å². The third kappa shape index (κ3) is 4.23. The maximum Gasteiger partial charge on any atom is 0.235 e. The summed E-state index contributed by atoms with van der Waals surface area (Å²) in [6.45, 7) is 4.40. The Bertz CT molecular complexity index is 890. The van der Waals surface area contributed by atoms with E-state index in [0.717, 1.165) is 5.75 Å². The SMILES string of the molecule is CCN(C(=O)C(C)SCc1cccc2ccccc12)C1CCS(=O)(=O)C1. The Morgan fingerprint density at radius 3 is 2.65 bits per heavy atom. The molecule has 1 heterocycles. The zero-order chi connectivity index (χ0) is 18.7. The van der Waals surface area contributed by atoms with Gasteiger partial charge in [-0.2, -0.15) is 0 Å². The minimum Gasteiger partial charge on any atom is -0.338 e. The molecule has 2 atom stereocenters. The highest BCUT2D eigenvalue weighted by Crippen LogP contribution is 2.27. The minimum absolute atomic E-state index is 0.0415. The molecule has 0 bridgehead atoms. The van der Waals surface area contributed by atoms with Gasteiger partial charge in [-0.25, -0.2) is 8.42 Å². The molecule has 0 N–H and O–H groups in total. The molecular weight excluding hydrogens is 366 g/mol. The fraction of sp³-hybridized carbons (Fsp3) is 0.450. The lowest BCUT2D eigenvalue weighted by atomic mass is 10.1. The molecule has 3 rings (SSSR count). The maximum absolute atomic E-state index is 12.9. The lowest BCUT2D eigenvalue weighted by Gasteiger charge is -2.29. The van der Waals surface area contributed by atoms with E-state index in [2.05, 4.69) is 24.3 Å². The molecule has 6 heteroatoms. The van der Waals surface area contributed by atoms with Gasteiger partial charge in [0, 0.05) is 18.3 Å². The molecule has 0 spiro atoms. The number of carbonyl (C=O) groups excluding carboxylic acids is 1. The smallest absolute Gasteiger partial charge is 0.235 e. The van der Waals surface area contributed by atoms with E-state index in [1.165, 1.54) is 16.3 Å². The van der Waals surface area contributed by atoms with Gasteiger partial charge in [0.15, 0.2) is 9.84 Å². The predicted octanol–water partition coefficient (Wildman–Crippen LogP) is 3.50. The molecule has 0 aromatic heterocycles. The lowest BCUT2D eigenvalue weighted by Crippen LogP contribution is -2.44. The standard InChI is InChI=1S/C20H25NO3S2/c1-3-21(18-11-12-26(23,24)14-18)20(22)15(2)25-13-17-9-6-8-16-7-4-5-10-19(16)17/h4-10,15,18H,3,11-14H2,1-2H3. The van der Waals surface area contributed by atoms with Gasteiger partial charge in [-0.15, -0.1) is 11.8 Å². The topological polar surface area (TPSA) is 54.5 Å². The number of nitrogens with zero attached hydrogens (tertiary/aromatic N) is 1. The molecule has 2 unspecified atom stereocenters. The first-order valence-corrected chi connectivity index (χ1v) is 11.9. The van der Waals surface area contributed by atoms with Crippen molar-refractivity contribution in [2.45, 2.75) is 37.3 Å². The van der Waals surface area contributed by atoms with E-state index in [0.29, 0.717) is 13.0 Å². The van der Waals surface area contributed by atoms with Gasteiger partial charge >= 0.3 is 0 Å². The van der Waals surface area contributed by atoms with Gasteiger partial charge in [0.05, 0.1) is 16.8 Å². The van der Waals surface area contributed by atoms with Crippen LogP contribution in [-0.4, -0.2) is 48.6 Å². The fourth-order valence-electron chi connectivity index (χ4n) is 3.55. The van der Waals surface area contributed by atoms with Crippen LogP contribution >= 0.6 is 11.8 Å². The Balaban J connectivity index is 1.67. The van der Waals surface area contributed by atoms with E-state index in [-0.39, 0.29) is 28.7 Å². The summed E-state index contributed by atoms with van der Waals surface area (Å²) in [4.78, 5) is 14.6. The van der Waals surface area contributed by atoms with E-state index in [4.69, 9.17) is 0 Å². The molecule has 1 fully saturated rings. The number of carbonyl (C=O) groups is 1. The first-order chi connectivity index (χ1) is 12.4. The van der Waals surface area contributed by atoms with E-state index < -0.39 is 9.84 Å². The highest BCUT2D eigenvalue weighted by Gasteiger charge is 2.35. The van der Waals surface area contributed by atoms with Gasteiger partial charge < -0.3 is 4.90 Å². The molecule has 1 amide bonds. The number of rotatable bonds is 6. The first kappa shape index (κ1) is 19.2. The third-order valence-electron chi connectivity index (χ3n) is 4.99. The average molecular weight is 392 g/mol. The summed E-state index contributed by atoms with van der Waals surface area (Å²) in [6, 6.07) is 14.3. The van der Waals surface area contributed by atoms with Gasteiger partial charge in [-0.3, -0.25) is 4.79 Å². The van der Waals surface area contributed by atoms with Crippen molar-refractivity contribution in [1.82, 2.24) is 4.90 Å². The van der Waals surface area contributed by atoms with E-state index in [1.807, 2.05) is 32.0 Å². The van der Waals surface area contributed by atoms with Crippen LogP contribution in [0.3, 0.4) is 0 Å². The average Bonchev–Trinajstić information content (AvgIpc) is 2.99. The molecule has 1 saturated heterocycles. The second kappa shape index (κ2) is 8.01. The number of fused-ring (bicyclic) bond motifs is 1. The molecular formula is C20H25NO3S2. The Morgan fingerprint density at radius 2 is 1.96 bits per heavy atom. The summed E-state index contributed by atoms with van der Waals surface area (Å²) in [6.07, 6.45) is 0.558. The van der Waals surface area contributed by atoms with E-state index >= 15 is 0 Å². The van der Waals surface area contributed by atoms with Crippen molar-refractivity contribution in [2.75, 3.05) is 18.1 Å². The van der Waals surface area contributed by atoms with Crippen LogP contribution < -0.4 is 0 Å². The molecule has 4 nitrogen and oxygen atoms in total. The van der Waals surface area contributed by atoms with Gasteiger partial charge in [-0.1, -0.05) is 42.5 Å². The highest BCUT2D eigenvalue weighted by molar-refractivity contribution is 7.99. The molecule has 26 heavy (non-hydrogen) atoms. The van der Waals surface area contributed by atoms with Crippen LogP contribution in [0.5, 0.6) is 0 Å². The van der Waals surface area contributed by atoms with Crippen LogP contribution in [0.2, 0.25) is 0 Å². The second-order valence-corrected chi connectivity index (χ2v) is 10.3. The van der Waals surface area contributed by atoms with Crippen LogP contribution in [0.1, 0.15) is 25.8 Å². The second-order valence-electron chi connectivity index (χ2n) is 6.77. The first-order valence-electron chi connectivity index (χ1n) is 9.00. The van der Waals surface area contributed by atoms with Crippen LogP contribution in [-0.2, 0) is 20.4 Å². The van der Waals surface area contributed by atoms with Crippen molar-refractivity contribution in [1.29, 1.82) is 0 Å². The number of hydrogen-bond donors (Lipinski definition) is 0. The lowest BCUT2D eigenvalue weighted by molar-refractivity contribution is -0.131. The summed E-state index contributed by atoms with van der Waals surface area (Å²) in [5, 5.41) is 2.23. The van der Waals surface area contributed by atoms with E-state index in [9.17, 15) is 13.2 Å². The summed E-state index contributed by atoms with van der Waals surface area (Å²) < 4.78 is 23.5. The van der Waals surface area contributed by atoms with Crippen LogP contribution in [0.15, 0.2) is 42.5 Å².